The van der Waals surface area contributed by atoms with Gasteiger partial charge in [-0.15, -0.1) is 0 Å². The number of hydrogen-bond acceptors (Lipinski definition) is 4. The van der Waals surface area contributed by atoms with Crippen LogP contribution in [-0.2, 0) is 4.79 Å². The van der Waals surface area contributed by atoms with Crippen molar-refractivity contribution in [2.75, 3.05) is 0 Å². The van der Waals surface area contributed by atoms with Crippen LogP contribution in [0.1, 0.15) is 40.5 Å². The zero-order chi connectivity index (χ0) is 17.3. The van der Waals surface area contributed by atoms with Gasteiger partial charge in [0.1, 0.15) is 5.52 Å². The third-order valence-electron chi connectivity index (χ3n) is 4.79. The normalized spacial score (nSPS) is 20.7. The van der Waals surface area contributed by atoms with E-state index in [0.717, 1.165) is 17.6 Å². The van der Waals surface area contributed by atoms with E-state index in [1.54, 1.807) is 0 Å². The highest BCUT2D eigenvalue weighted by Gasteiger charge is 2.33. The number of benzene rings is 1. The largest absolute Gasteiger partial charge is 0.437 e. The Kier molecular flexibility index (Phi) is 4.35. The summed E-state index contributed by atoms with van der Waals surface area (Å²) in [6.07, 6.45) is 3.03. The molecule has 1 N–H and O–H groups in total. The Morgan fingerprint density at radius 1 is 1.46 bits per heavy atom. The van der Waals surface area contributed by atoms with Gasteiger partial charge < -0.3 is 14.5 Å². The number of amides is 1. The van der Waals surface area contributed by atoms with E-state index >= 15 is 0 Å². The van der Waals surface area contributed by atoms with Gasteiger partial charge in [-0.05, 0) is 36.3 Å². The lowest BCUT2D eigenvalue weighted by Gasteiger charge is -2.23. The van der Waals surface area contributed by atoms with E-state index in [-0.39, 0.29) is 17.4 Å². The second-order valence-electron chi connectivity index (χ2n) is 7.10. The fourth-order valence-corrected chi connectivity index (χ4v) is 2.91. The smallest absolute Gasteiger partial charge is 0.395 e. The van der Waals surface area contributed by atoms with E-state index < -0.39 is 6.10 Å². The maximum atomic E-state index is 12.5. The van der Waals surface area contributed by atoms with Crippen molar-refractivity contribution in [2.24, 2.45) is 11.3 Å². The van der Waals surface area contributed by atoms with Gasteiger partial charge >= 0.3 is 6.08 Å². The average Bonchev–Trinajstić information content (AvgIpc) is 3.04. The summed E-state index contributed by atoms with van der Waals surface area (Å²) in [5.41, 5.74) is 2.51. The molecule has 2 aromatic rings. The van der Waals surface area contributed by atoms with E-state index in [0.29, 0.717) is 17.9 Å². The predicted molar refractivity (Wildman–Crippen MR) is 92.5 cm³/mol. The Balaban J connectivity index is 1.67. The van der Waals surface area contributed by atoms with E-state index in [4.69, 9.17) is 9.15 Å². The van der Waals surface area contributed by atoms with E-state index in [1.165, 1.54) is 0 Å². The minimum atomic E-state index is -0.627. The van der Waals surface area contributed by atoms with Crippen LogP contribution in [0.5, 0.6) is 6.08 Å². The number of nitrogens with zero attached hydrogens (tertiary/aromatic N) is 1. The standard InChI is InChI=1S/C19H24N2O3/c1-5-15(17(22)20-13-10-12(2)19(3,4)11-13)23-18-21-14-8-6-7-9-16(14)24-18/h6-10,12,15H,5,11H2,1-4H3,(H,20,22). The quantitative estimate of drug-likeness (QED) is 0.899. The topological polar surface area (TPSA) is 64.4 Å². The number of carbonyl (C=O) groups is 1. The van der Waals surface area contributed by atoms with Crippen LogP contribution in [-0.4, -0.2) is 17.0 Å². The molecule has 0 bridgehead atoms. The van der Waals surface area contributed by atoms with Crippen molar-refractivity contribution < 1.29 is 13.9 Å². The van der Waals surface area contributed by atoms with Gasteiger partial charge in [0.2, 0.25) is 0 Å². The van der Waals surface area contributed by atoms with Crippen molar-refractivity contribution in [3.05, 3.63) is 36.0 Å². The van der Waals surface area contributed by atoms with Crippen LogP contribution >= 0.6 is 0 Å². The van der Waals surface area contributed by atoms with Crippen molar-refractivity contribution in [3.8, 4) is 6.08 Å². The molecule has 1 aliphatic rings. The number of carbonyl (C=O) groups excluding carboxylic acids is 1. The highest BCUT2D eigenvalue weighted by atomic mass is 16.6. The maximum Gasteiger partial charge on any atom is 0.395 e. The van der Waals surface area contributed by atoms with Gasteiger partial charge in [0.05, 0.1) is 0 Å². The molecule has 128 valence electrons. The van der Waals surface area contributed by atoms with Crippen LogP contribution in [0, 0.1) is 11.3 Å². The lowest BCUT2D eigenvalue weighted by molar-refractivity contribution is -0.128. The van der Waals surface area contributed by atoms with Crippen molar-refractivity contribution >= 4 is 17.0 Å². The third-order valence-corrected chi connectivity index (χ3v) is 4.79. The van der Waals surface area contributed by atoms with Crippen LogP contribution in [0.2, 0.25) is 0 Å². The molecule has 0 aliphatic heterocycles. The van der Waals surface area contributed by atoms with Gasteiger partial charge in [0.25, 0.3) is 5.91 Å². The molecule has 0 spiro atoms. The first-order valence-corrected chi connectivity index (χ1v) is 8.43. The van der Waals surface area contributed by atoms with Crippen LogP contribution in [0.4, 0.5) is 0 Å². The summed E-state index contributed by atoms with van der Waals surface area (Å²) >= 11 is 0. The summed E-state index contributed by atoms with van der Waals surface area (Å²) in [7, 11) is 0. The number of fused-ring (bicyclic) bond motifs is 1. The molecule has 1 aliphatic carbocycles. The zero-order valence-corrected chi connectivity index (χ0v) is 14.6. The monoisotopic (exact) mass is 328 g/mol. The Morgan fingerprint density at radius 3 is 2.83 bits per heavy atom. The van der Waals surface area contributed by atoms with Gasteiger partial charge in [-0.3, -0.25) is 4.79 Å². The molecule has 0 radical (unpaired) electrons. The Bertz CT molecular complexity index is 743. The molecule has 1 aromatic heterocycles. The Hall–Kier alpha value is -2.30. The summed E-state index contributed by atoms with van der Waals surface area (Å²) in [5.74, 6) is 0.279. The summed E-state index contributed by atoms with van der Waals surface area (Å²) in [4.78, 5) is 16.8. The molecule has 0 saturated carbocycles. The molecular formula is C19H24N2O3. The second kappa shape index (κ2) is 6.30. The zero-order valence-electron chi connectivity index (χ0n) is 14.6. The molecule has 2 atom stereocenters. The molecule has 5 nitrogen and oxygen atoms in total. The first-order chi connectivity index (χ1) is 11.4. The molecule has 0 saturated heterocycles. The van der Waals surface area contributed by atoms with Crippen LogP contribution < -0.4 is 10.1 Å². The first kappa shape index (κ1) is 16.6. The Labute approximate surface area is 142 Å². The number of allylic oxidation sites excluding steroid dienone is 2. The highest BCUT2D eigenvalue weighted by molar-refractivity contribution is 5.82. The van der Waals surface area contributed by atoms with Crippen molar-refractivity contribution in [1.82, 2.24) is 10.3 Å². The number of ether oxygens (including phenoxy) is 1. The molecule has 3 rings (SSSR count). The highest BCUT2D eigenvalue weighted by Crippen LogP contribution is 2.40. The van der Waals surface area contributed by atoms with Crippen molar-refractivity contribution in [3.63, 3.8) is 0 Å². The van der Waals surface area contributed by atoms with Gasteiger partial charge in [0, 0.05) is 5.70 Å². The summed E-state index contributed by atoms with van der Waals surface area (Å²) in [6.45, 7) is 8.49. The van der Waals surface area contributed by atoms with Crippen LogP contribution in [0.25, 0.3) is 11.1 Å². The maximum absolute atomic E-state index is 12.5. The molecule has 2 unspecified atom stereocenters. The molecule has 1 heterocycles. The van der Waals surface area contributed by atoms with Gasteiger partial charge in [-0.1, -0.05) is 45.9 Å². The molecule has 1 aromatic carbocycles. The van der Waals surface area contributed by atoms with Crippen LogP contribution in [0.15, 0.2) is 40.5 Å². The minimum Gasteiger partial charge on any atom is -0.437 e. The average molecular weight is 328 g/mol. The van der Waals surface area contributed by atoms with Crippen molar-refractivity contribution in [1.29, 1.82) is 0 Å². The van der Waals surface area contributed by atoms with Gasteiger partial charge in [-0.2, -0.15) is 4.98 Å². The fraction of sp³-hybridized carbons (Fsp3) is 0.474. The second-order valence-corrected chi connectivity index (χ2v) is 7.10. The number of nitrogens with one attached hydrogen (secondary N) is 1. The SMILES string of the molecule is CCC(Oc1nc2ccccc2o1)C(=O)NC1=CC(C)C(C)(C)C1. The van der Waals surface area contributed by atoms with E-state index in [2.05, 4.69) is 37.1 Å². The third kappa shape index (κ3) is 3.30. The summed E-state index contributed by atoms with van der Waals surface area (Å²) < 4.78 is 11.2. The number of rotatable bonds is 5. The van der Waals surface area contributed by atoms with Crippen molar-refractivity contribution in [2.45, 2.75) is 46.6 Å². The number of para-hydroxylation sites is 2. The van der Waals surface area contributed by atoms with E-state index in [9.17, 15) is 4.79 Å². The van der Waals surface area contributed by atoms with Gasteiger partial charge in [-0.25, -0.2) is 0 Å². The molecule has 0 fully saturated rings. The molecule has 24 heavy (non-hydrogen) atoms. The lowest BCUT2D eigenvalue weighted by atomic mass is 9.82. The molecular weight excluding hydrogens is 304 g/mol. The van der Waals surface area contributed by atoms with Gasteiger partial charge in [0.15, 0.2) is 11.7 Å². The number of aromatic nitrogens is 1. The lowest BCUT2D eigenvalue weighted by Crippen LogP contribution is -2.37. The molecule has 1 amide bonds. The summed E-state index contributed by atoms with van der Waals surface area (Å²) in [5, 5.41) is 3.00. The summed E-state index contributed by atoms with van der Waals surface area (Å²) in [6, 6.07) is 7.42. The minimum absolute atomic E-state index is 0.132. The molecule has 5 heteroatoms. The predicted octanol–water partition coefficient (Wildman–Crippen LogP) is 4.05. The number of oxazole rings is 1. The fourth-order valence-electron chi connectivity index (χ4n) is 2.91. The first-order valence-electron chi connectivity index (χ1n) is 8.43. The van der Waals surface area contributed by atoms with Crippen LogP contribution in [0.3, 0.4) is 0 Å². The number of hydrogen-bond donors (Lipinski definition) is 1. The Morgan fingerprint density at radius 2 is 2.21 bits per heavy atom. The van der Waals surface area contributed by atoms with E-state index in [1.807, 2.05) is 31.2 Å².